The maximum absolute atomic E-state index is 13.0. The molecule has 66 heavy (non-hydrogen) atoms. The van der Waals surface area contributed by atoms with Crippen LogP contribution in [0.15, 0.2) is 11.6 Å². The summed E-state index contributed by atoms with van der Waals surface area (Å²) in [5.41, 5.74) is -1.66. The molecule has 3 heterocycles. The molecule has 0 aromatic carbocycles. The molecule has 0 bridgehead atoms. The van der Waals surface area contributed by atoms with Gasteiger partial charge in [-0.05, 0) is 105 Å². The fourth-order valence-corrected chi connectivity index (χ4v) is 15.2. The van der Waals surface area contributed by atoms with E-state index in [9.17, 15) is 66.1 Å². The first-order valence-corrected chi connectivity index (χ1v) is 24.1. The molecule has 0 amide bonds. The minimum Gasteiger partial charge on any atom is -0.429 e. The minimum atomic E-state index is -1.71. The highest BCUT2D eigenvalue weighted by molar-refractivity contribution is 5.87. The first-order valence-electron chi connectivity index (χ1n) is 24.1. The topological polar surface area (TPSA) is 315 Å². The third-order valence-electron chi connectivity index (χ3n) is 19.2. The number of hydrogen-bond acceptors (Lipinski definition) is 19. The van der Waals surface area contributed by atoms with E-state index in [1.807, 2.05) is 0 Å². The van der Waals surface area contributed by atoms with Crippen molar-refractivity contribution in [2.24, 2.45) is 50.7 Å². The van der Waals surface area contributed by atoms with Crippen molar-refractivity contribution in [3.8, 4) is 0 Å². The molecule has 19 heteroatoms. The second-order valence-corrected chi connectivity index (χ2v) is 22.4. The van der Waals surface area contributed by atoms with Crippen LogP contribution in [-0.2, 0) is 33.2 Å². The Bertz CT molecular complexity index is 1780. The molecule has 3 aliphatic heterocycles. The summed E-state index contributed by atoms with van der Waals surface area (Å²) in [6.45, 7) is 11.1. The molecule has 0 radical (unpaired) electrons. The van der Waals surface area contributed by atoms with Gasteiger partial charge in [-0.25, -0.2) is 4.79 Å². The van der Waals surface area contributed by atoms with Crippen LogP contribution in [0.1, 0.15) is 99.3 Å². The molecule has 25 atom stereocenters. The van der Waals surface area contributed by atoms with Gasteiger partial charge < -0.3 is 89.7 Å². The number of aliphatic hydroxyl groups is 12. The zero-order valence-corrected chi connectivity index (χ0v) is 38.9. The highest BCUT2D eigenvalue weighted by atomic mass is 16.7. The summed E-state index contributed by atoms with van der Waals surface area (Å²) in [5.74, 6) is -0.393. The zero-order chi connectivity index (χ0) is 48.2. The number of rotatable bonds is 12. The average molecular weight is 945 g/mol. The summed E-state index contributed by atoms with van der Waals surface area (Å²) in [6.07, 6.45) is -14.4. The number of aliphatic hydroxyl groups excluding tert-OH is 12. The van der Waals surface area contributed by atoms with E-state index in [1.54, 1.807) is 13.0 Å². The van der Waals surface area contributed by atoms with E-state index in [0.717, 1.165) is 25.7 Å². The van der Waals surface area contributed by atoms with Gasteiger partial charge in [0.1, 0.15) is 67.1 Å². The molecule has 5 aliphatic carbocycles. The maximum Gasteiger partial charge on any atom is 0.335 e. The molecule has 12 N–H and O–H groups in total. The second-order valence-electron chi connectivity index (χ2n) is 22.4. The average Bonchev–Trinajstić information content (AvgIpc) is 3.88. The quantitative estimate of drug-likeness (QED) is 0.0616. The molecule has 8 aliphatic rings. The van der Waals surface area contributed by atoms with Crippen molar-refractivity contribution < 1.29 is 94.5 Å². The van der Waals surface area contributed by atoms with E-state index in [2.05, 4.69) is 34.6 Å². The first kappa shape index (κ1) is 50.9. The Hall–Kier alpha value is -1.47. The number of ether oxygens (including phenoxy) is 6. The monoisotopic (exact) mass is 944 g/mol. The molecule has 2 spiro atoms. The van der Waals surface area contributed by atoms with Gasteiger partial charge in [-0.1, -0.05) is 40.7 Å². The van der Waals surface area contributed by atoms with Gasteiger partial charge in [-0.2, -0.15) is 0 Å². The highest BCUT2D eigenvalue weighted by Gasteiger charge is 2.85. The predicted octanol–water partition coefficient (Wildman–Crippen LogP) is -1.28. The number of esters is 1. The van der Waals surface area contributed by atoms with Crippen LogP contribution < -0.4 is 0 Å². The van der Waals surface area contributed by atoms with Crippen molar-refractivity contribution in [3.05, 3.63) is 11.6 Å². The summed E-state index contributed by atoms with van der Waals surface area (Å²) in [7, 11) is 0. The Morgan fingerprint density at radius 3 is 2.03 bits per heavy atom. The van der Waals surface area contributed by atoms with Crippen LogP contribution in [0.25, 0.3) is 0 Å². The molecular weight excluding hydrogens is 868 g/mol. The van der Waals surface area contributed by atoms with Gasteiger partial charge in [0.05, 0.1) is 38.1 Å². The lowest BCUT2D eigenvalue weighted by Gasteiger charge is -2.65. The van der Waals surface area contributed by atoms with Crippen molar-refractivity contribution in [1.29, 1.82) is 0 Å². The van der Waals surface area contributed by atoms with Crippen molar-refractivity contribution in [1.82, 2.24) is 0 Å². The summed E-state index contributed by atoms with van der Waals surface area (Å²) in [4.78, 5) is 13.0. The van der Waals surface area contributed by atoms with Crippen LogP contribution in [-0.4, -0.2) is 191 Å². The van der Waals surface area contributed by atoms with Crippen molar-refractivity contribution in [2.75, 3.05) is 19.8 Å². The summed E-state index contributed by atoms with van der Waals surface area (Å²) >= 11 is 0. The van der Waals surface area contributed by atoms with E-state index in [4.69, 9.17) is 28.4 Å². The SMILES string of the molecule is C/C(=C\CC[C@@H](C)[C@H]1CC(O)[C@@]2(C)C3CC[C@H]4C(C)(C)[C@@H](O[C@@H]5OC(COC6OCC(O)C(O)C6O)C(O)C(O)C5O)CC[C@@]45C[C@@]35C[C@H](O)[C@]12C)C(=O)OC1OC(CO)C(O)C(O)C1O. The van der Waals surface area contributed by atoms with Crippen LogP contribution in [0.4, 0.5) is 0 Å². The third kappa shape index (κ3) is 7.77. The third-order valence-corrected chi connectivity index (χ3v) is 19.2. The molecular formula is C47H76O19. The maximum atomic E-state index is 13.0. The van der Waals surface area contributed by atoms with Gasteiger partial charge in [0.2, 0.25) is 6.29 Å². The standard InChI is InChI=1S/C47H76O19/c1-20(8-7-9-21(2)39(60)66-42-38(59)34(55)32(53)24(16-48)63-42)22-14-28(50)45(6)27-11-10-26-43(3,4)30(12-13-46(26)19-47(27,46)15-29(51)44(22,45)5)65-41-37(58)35(56)33(54)25(64-41)18-62-40-36(57)31(52)23(49)17-61-40/h9,20,22-38,40-42,48-59H,7-8,10-19H2,1-6H3/b21-9+/t20-,22-,23?,24?,25?,26+,27?,28?,29+,30+,31?,32?,33?,34?,35?,36?,37?,38?,40?,41+,42?,44+,45-,46-,47+/m1/s1. The van der Waals surface area contributed by atoms with Crippen molar-refractivity contribution in [2.45, 2.75) is 204 Å². The number of carbonyl (C=O) groups excluding carboxylic acids is 1. The number of allylic oxidation sites excluding steroid dienone is 1. The number of fused-ring (bicyclic) bond motifs is 2. The zero-order valence-electron chi connectivity index (χ0n) is 38.9. The number of hydrogen-bond donors (Lipinski definition) is 12. The van der Waals surface area contributed by atoms with Crippen LogP contribution in [0.5, 0.6) is 0 Å². The first-order chi connectivity index (χ1) is 30.9. The van der Waals surface area contributed by atoms with Crippen molar-refractivity contribution >= 4 is 5.97 Å². The fourth-order valence-electron chi connectivity index (χ4n) is 15.2. The summed E-state index contributed by atoms with van der Waals surface area (Å²) in [6, 6.07) is 0. The fraction of sp³-hybridized carbons (Fsp3) is 0.936. The smallest absolute Gasteiger partial charge is 0.335 e. The molecule has 0 aromatic heterocycles. The molecule has 15 unspecified atom stereocenters. The van der Waals surface area contributed by atoms with Gasteiger partial charge in [0, 0.05) is 16.4 Å². The lowest BCUT2D eigenvalue weighted by molar-refractivity contribution is -0.338. The van der Waals surface area contributed by atoms with Crippen LogP contribution >= 0.6 is 0 Å². The van der Waals surface area contributed by atoms with Crippen LogP contribution in [0.3, 0.4) is 0 Å². The van der Waals surface area contributed by atoms with E-state index in [0.29, 0.717) is 32.1 Å². The van der Waals surface area contributed by atoms with Gasteiger partial charge in [-0.15, -0.1) is 0 Å². The molecule has 19 nitrogen and oxygen atoms in total. The second kappa shape index (κ2) is 18.3. The lowest BCUT2D eigenvalue weighted by atomic mass is 9.40. The Kier molecular flexibility index (Phi) is 14.1. The largest absolute Gasteiger partial charge is 0.429 e. The van der Waals surface area contributed by atoms with Crippen molar-refractivity contribution in [3.63, 3.8) is 0 Å². The Morgan fingerprint density at radius 1 is 0.727 bits per heavy atom. The Balaban J connectivity index is 0.908. The molecule has 5 saturated carbocycles. The van der Waals surface area contributed by atoms with Gasteiger partial charge in [-0.3, -0.25) is 0 Å². The minimum absolute atomic E-state index is 0.0163. The van der Waals surface area contributed by atoms with Gasteiger partial charge >= 0.3 is 5.97 Å². The molecule has 3 saturated heterocycles. The number of carbonyl (C=O) groups is 1. The lowest BCUT2D eigenvalue weighted by Crippen LogP contribution is -2.65. The Morgan fingerprint density at radius 2 is 1.35 bits per heavy atom. The summed E-state index contributed by atoms with van der Waals surface area (Å²) in [5, 5.41) is 128. The van der Waals surface area contributed by atoms with E-state index >= 15 is 0 Å². The molecule has 0 aromatic rings. The van der Waals surface area contributed by atoms with E-state index in [1.165, 1.54) is 0 Å². The van der Waals surface area contributed by atoms with E-state index < -0.39 is 133 Å². The van der Waals surface area contributed by atoms with Crippen LogP contribution in [0.2, 0.25) is 0 Å². The van der Waals surface area contributed by atoms with Gasteiger partial charge in [0.15, 0.2) is 12.6 Å². The van der Waals surface area contributed by atoms with Crippen LogP contribution in [0, 0.1) is 50.7 Å². The highest BCUT2D eigenvalue weighted by Crippen LogP contribution is 2.89. The van der Waals surface area contributed by atoms with Gasteiger partial charge in [0.25, 0.3) is 0 Å². The normalized spacial score (nSPS) is 53.8. The van der Waals surface area contributed by atoms with E-state index in [-0.39, 0.29) is 53.3 Å². The summed E-state index contributed by atoms with van der Waals surface area (Å²) < 4.78 is 34.2. The predicted molar refractivity (Wildman–Crippen MR) is 227 cm³/mol. The Labute approximate surface area is 385 Å². The molecule has 378 valence electrons. The molecule has 8 fully saturated rings. The molecule has 8 rings (SSSR count).